The average molecular weight is 560 g/mol. The summed E-state index contributed by atoms with van der Waals surface area (Å²) >= 11 is 0. The third kappa shape index (κ3) is 3.34. The molecule has 41 heavy (non-hydrogen) atoms. The Kier molecular flexibility index (Phi) is 5.76. The lowest BCUT2D eigenvalue weighted by atomic mass is 9.32. The molecule has 0 aliphatic heterocycles. The molecule has 0 saturated heterocycles. The zero-order chi connectivity index (χ0) is 29.2. The Morgan fingerprint density at radius 3 is 2.51 bits per heavy atom. The van der Waals surface area contributed by atoms with Gasteiger partial charge < -0.3 is 9.52 Å². The fourth-order valence-electron chi connectivity index (χ4n) is 12.7. The first-order valence-corrected chi connectivity index (χ1v) is 16.1. The van der Waals surface area contributed by atoms with Crippen LogP contribution in [0.2, 0.25) is 0 Å². The molecule has 0 bridgehead atoms. The van der Waals surface area contributed by atoms with E-state index < -0.39 is 11.4 Å². The van der Waals surface area contributed by atoms with E-state index in [1.165, 1.54) is 36.2 Å². The molecule has 7 rings (SSSR count). The average Bonchev–Trinajstić information content (AvgIpc) is 3.64. The maximum Gasteiger partial charge on any atom is 0.309 e. The van der Waals surface area contributed by atoms with Gasteiger partial charge in [0.05, 0.1) is 23.1 Å². The van der Waals surface area contributed by atoms with E-state index in [1.807, 2.05) is 12.1 Å². The SMILES string of the molecule is C=C(C)[C@@H]1CC[C@]2(C(=O)O)CC[C@]3(C)[C@H](CC[C@@H]4[C@@]5(C)Cc6nnn(Cc7ccco7)c6C(C)(C)[C@@H]5CC[C@]43C)[C@@H]12. The van der Waals surface area contributed by atoms with Crippen molar-refractivity contribution >= 4 is 5.97 Å². The van der Waals surface area contributed by atoms with Crippen LogP contribution < -0.4 is 0 Å². The number of carboxylic acid groups (broad SMARTS) is 1. The minimum Gasteiger partial charge on any atom is -0.481 e. The lowest BCUT2D eigenvalue weighted by molar-refractivity contribution is -0.228. The molecule has 4 fully saturated rings. The highest BCUT2D eigenvalue weighted by Crippen LogP contribution is 2.77. The number of aromatic nitrogens is 3. The third-order valence-corrected chi connectivity index (χ3v) is 14.5. The molecule has 9 atom stereocenters. The fourth-order valence-corrected chi connectivity index (χ4v) is 12.7. The van der Waals surface area contributed by atoms with Crippen molar-refractivity contribution in [2.75, 3.05) is 0 Å². The van der Waals surface area contributed by atoms with Gasteiger partial charge in [-0.2, -0.15) is 0 Å². The summed E-state index contributed by atoms with van der Waals surface area (Å²) in [4.78, 5) is 12.9. The highest BCUT2D eigenvalue weighted by molar-refractivity contribution is 5.76. The van der Waals surface area contributed by atoms with Gasteiger partial charge in [-0.05, 0) is 123 Å². The molecule has 6 nitrogen and oxygen atoms in total. The van der Waals surface area contributed by atoms with Crippen molar-refractivity contribution in [3.63, 3.8) is 0 Å². The minimum absolute atomic E-state index is 0.0426. The summed E-state index contributed by atoms with van der Waals surface area (Å²) in [5.74, 6) is 2.50. The smallest absolute Gasteiger partial charge is 0.309 e. The van der Waals surface area contributed by atoms with Gasteiger partial charge in [0.15, 0.2) is 0 Å². The highest BCUT2D eigenvalue weighted by Gasteiger charge is 2.72. The van der Waals surface area contributed by atoms with Crippen molar-refractivity contribution in [1.82, 2.24) is 15.0 Å². The van der Waals surface area contributed by atoms with Gasteiger partial charge in [-0.3, -0.25) is 4.79 Å². The Bertz CT molecular complexity index is 1390. The van der Waals surface area contributed by atoms with Crippen LogP contribution in [0.4, 0.5) is 0 Å². The molecule has 0 unspecified atom stereocenters. The number of nitrogens with zero attached hydrogens (tertiary/aromatic N) is 3. The van der Waals surface area contributed by atoms with Crippen molar-refractivity contribution in [3.8, 4) is 0 Å². The number of furan rings is 1. The first kappa shape index (κ1) is 27.5. The summed E-state index contributed by atoms with van der Waals surface area (Å²) < 4.78 is 7.78. The molecule has 5 aliphatic rings. The Hall–Kier alpha value is -2.37. The molecule has 0 spiro atoms. The van der Waals surface area contributed by atoms with Crippen molar-refractivity contribution in [2.45, 2.75) is 111 Å². The molecule has 0 radical (unpaired) electrons. The Morgan fingerprint density at radius 1 is 1.05 bits per heavy atom. The zero-order valence-electron chi connectivity index (χ0n) is 26.0. The lowest BCUT2D eigenvalue weighted by Crippen LogP contribution is -2.67. The molecule has 2 aromatic heterocycles. The summed E-state index contributed by atoms with van der Waals surface area (Å²) in [6.07, 6.45) is 11.1. The molecule has 5 aliphatic carbocycles. The molecular formula is C35H49N3O3. The minimum atomic E-state index is -0.563. The van der Waals surface area contributed by atoms with Crippen LogP contribution in [-0.2, 0) is 23.2 Å². The Morgan fingerprint density at radius 2 is 1.83 bits per heavy atom. The van der Waals surface area contributed by atoms with Gasteiger partial charge in [-0.15, -0.1) is 5.10 Å². The predicted molar refractivity (Wildman–Crippen MR) is 158 cm³/mol. The van der Waals surface area contributed by atoms with E-state index >= 15 is 0 Å². The molecular weight excluding hydrogens is 510 g/mol. The summed E-state index contributed by atoms with van der Waals surface area (Å²) in [5, 5.41) is 20.2. The van der Waals surface area contributed by atoms with E-state index in [0.717, 1.165) is 44.3 Å². The number of aliphatic carboxylic acids is 1. The zero-order valence-corrected chi connectivity index (χ0v) is 26.0. The topological polar surface area (TPSA) is 81.1 Å². The molecule has 1 N–H and O–H groups in total. The van der Waals surface area contributed by atoms with Crippen LogP contribution in [0.25, 0.3) is 0 Å². The van der Waals surface area contributed by atoms with E-state index in [1.54, 1.807) is 6.26 Å². The van der Waals surface area contributed by atoms with E-state index in [9.17, 15) is 9.90 Å². The number of hydrogen-bond donors (Lipinski definition) is 1. The van der Waals surface area contributed by atoms with Gasteiger partial charge in [0, 0.05) is 5.41 Å². The number of allylic oxidation sites excluding steroid dienone is 1. The number of carboxylic acids is 1. The quantitative estimate of drug-likeness (QED) is 0.389. The van der Waals surface area contributed by atoms with Crippen molar-refractivity contribution in [1.29, 1.82) is 0 Å². The number of hydrogen-bond acceptors (Lipinski definition) is 4. The fraction of sp³-hybridized carbons (Fsp3) is 0.743. The molecule has 2 aromatic rings. The second-order valence-electron chi connectivity index (χ2n) is 16.2. The standard InChI is InChI=1S/C35H49N3O3/c1-21(2)23-12-15-35(30(39)40)17-16-33(6)24(28(23)35)10-11-27-32(5)19-25-29(31(3,4)26(32)13-14-34(27,33)7)38(37-36-25)20-22-9-8-18-41-22/h8-9,18,23-24,26-28H,1,10-17,19-20H2,2-7H3,(H,39,40)/t23-,24+,26-,27+,28+,32-,33+,34+,35-/m0/s1. The summed E-state index contributed by atoms with van der Waals surface area (Å²) in [7, 11) is 0. The van der Waals surface area contributed by atoms with Gasteiger partial charge in [-0.25, -0.2) is 4.68 Å². The van der Waals surface area contributed by atoms with Crippen molar-refractivity contribution in [2.24, 2.45) is 51.2 Å². The van der Waals surface area contributed by atoms with Gasteiger partial charge in [0.1, 0.15) is 12.3 Å². The summed E-state index contributed by atoms with van der Waals surface area (Å²) in [6, 6.07) is 3.96. The number of rotatable bonds is 4. The number of fused-ring (bicyclic) bond motifs is 8. The van der Waals surface area contributed by atoms with Gasteiger partial charge in [-0.1, -0.05) is 52.0 Å². The van der Waals surface area contributed by atoms with Gasteiger partial charge in [0.25, 0.3) is 0 Å². The molecule has 4 saturated carbocycles. The van der Waals surface area contributed by atoms with Gasteiger partial charge >= 0.3 is 5.97 Å². The second-order valence-corrected chi connectivity index (χ2v) is 16.2. The highest BCUT2D eigenvalue weighted by atomic mass is 16.4. The molecule has 0 amide bonds. The summed E-state index contributed by atoms with van der Waals surface area (Å²) in [6.45, 7) is 19.8. The number of carbonyl (C=O) groups is 1. The largest absolute Gasteiger partial charge is 0.481 e. The summed E-state index contributed by atoms with van der Waals surface area (Å²) in [5.41, 5.74) is 3.49. The first-order chi connectivity index (χ1) is 19.3. The van der Waals surface area contributed by atoms with Crippen molar-refractivity contribution in [3.05, 3.63) is 47.7 Å². The monoisotopic (exact) mass is 559 g/mol. The van der Waals surface area contributed by atoms with Crippen LogP contribution in [0, 0.1) is 51.2 Å². The van der Waals surface area contributed by atoms with Gasteiger partial charge in [0.2, 0.25) is 0 Å². The Balaban J connectivity index is 1.27. The lowest BCUT2D eigenvalue weighted by Gasteiger charge is -2.72. The van der Waals surface area contributed by atoms with Crippen molar-refractivity contribution < 1.29 is 14.3 Å². The van der Waals surface area contributed by atoms with Crippen LogP contribution in [0.3, 0.4) is 0 Å². The predicted octanol–water partition coefficient (Wildman–Crippen LogP) is 7.68. The third-order valence-electron chi connectivity index (χ3n) is 14.5. The van der Waals surface area contributed by atoms with Crippen LogP contribution in [0.15, 0.2) is 35.0 Å². The van der Waals surface area contributed by atoms with E-state index in [0.29, 0.717) is 30.2 Å². The molecule has 0 aromatic carbocycles. The van der Waals surface area contributed by atoms with Crippen LogP contribution in [-0.4, -0.2) is 26.1 Å². The molecule has 6 heteroatoms. The van der Waals surface area contributed by atoms with E-state index in [2.05, 4.69) is 58.0 Å². The maximum atomic E-state index is 12.9. The normalized spacial score (nSPS) is 44.2. The van der Waals surface area contributed by atoms with E-state index in [4.69, 9.17) is 9.52 Å². The van der Waals surface area contributed by atoms with Crippen LogP contribution in [0.5, 0.6) is 0 Å². The second kappa shape index (κ2) is 8.60. The first-order valence-electron chi connectivity index (χ1n) is 16.1. The molecule has 222 valence electrons. The maximum absolute atomic E-state index is 12.9. The molecule has 2 heterocycles. The van der Waals surface area contributed by atoms with Crippen LogP contribution in [0.1, 0.15) is 110 Å². The van der Waals surface area contributed by atoms with Crippen LogP contribution >= 0.6 is 0 Å². The van der Waals surface area contributed by atoms with E-state index in [-0.39, 0.29) is 27.6 Å². The Labute approximate surface area is 245 Å².